The van der Waals surface area contributed by atoms with E-state index in [0.717, 1.165) is 37.1 Å². The first kappa shape index (κ1) is 21.7. The predicted octanol–water partition coefficient (Wildman–Crippen LogP) is 3.85. The van der Waals surface area contributed by atoms with Crippen molar-refractivity contribution in [3.63, 3.8) is 0 Å². The number of benzene rings is 1. The van der Waals surface area contributed by atoms with Gasteiger partial charge in [-0.25, -0.2) is 4.79 Å². The molecule has 6 heteroatoms. The summed E-state index contributed by atoms with van der Waals surface area (Å²) in [6.45, 7) is 2.96. The number of hydrogen-bond acceptors (Lipinski definition) is 3. The molecule has 2 amide bonds. The standard InChI is InChI=1S/C22H30N2O4/c1-2-3-4-5-6-7-14-23-22(28)19-15-18(19)16-8-10-17(11-9-16)24-20(25)12-13-21(26)27/h8-13,18-19H,2-7,14-15H2,1H3,(H,23,28)(H,24,25)(H,26,27)/t18-,19+/m0/s1. The van der Waals surface area contributed by atoms with Gasteiger partial charge in [0.05, 0.1) is 0 Å². The Morgan fingerprint density at radius 1 is 1.04 bits per heavy atom. The quantitative estimate of drug-likeness (QED) is 0.376. The van der Waals surface area contributed by atoms with Crippen LogP contribution in [0.3, 0.4) is 0 Å². The number of nitrogens with one attached hydrogen (secondary N) is 2. The first-order chi connectivity index (χ1) is 13.5. The molecule has 1 aromatic carbocycles. The number of carboxylic acids is 1. The van der Waals surface area contributed by atoms with Crippen molar-refractivity contribution in [2.75, 3.05) is 11.9 Å². The molecule has 0 radical (unpaired) electrons. The van der Waals surface area contributed by atoms with Gasteiger partial charge in [-0.1, -0.05) is 51.2 Å². The number of unbranched alkanes of at least 4 members (excludes halogenated alkanes) is 5. The second-order valence-corrected chi connectivity index (χ2v) is 7.29. The Balaban J connectivity index is 1.69. The van der Waals surface area contributed by atoms with Crippen LogP contribution in [0.4, 0.5) is 5.69 Å². The lowest BCUT2D eigenvalue weighted by Gasteiger charge is -2.06. The zero-order chi connectivity index (χ0) is 20.4. The fourth-order valence-corrected chi connectivity index (χ4v) is 3.25. The van der Waals surface area contributed by atoms with Crippen molar-refractivity contribution in [1.82, 2.24) is 5.32 Å². The van der Waals surface area contributed by atoms with Gasteiger partial charge in [0.1, 0.15) is 0 Å². The highest BCUT2D eigenvalue weighted by molar-refractivity contribution is 6.02. The zero-order valence-corrected chi connectivity index (χ0v) is 16.4. The van der Waals surface area contributed by atoms with Crippen LogP contribution in [-0.2, 0) is 14.4 Å². The molecule has 0 saturated heterocycles. The van der Waals surface area contributed by atoms with Crippen LogP contribution in [-0.4, -0.2) is 29.4 Å². The largest absolute Gasteiger partial charge is 0.478 e. The summed E-state index contributed by atoms with van der Waals surface area (Å²) < 4.78 is 0. The summed E-state index contributed by atoms with van der Waals surface area (Å²) in [7, 11) is 0. The van der Waals surface area contributed by atoms with Crippen LogP contribution in [0.25, 0.3) is 0 Å². The van der Waals surface area contributed by atoms with E-state index in [2.05, 4.69) is 17.6 Å². The van der Waals surface area contributed by atoms with E-state index in [0.29, 0.717) is 5.69 Å². The number of anilines is 1. The zero-order valence-electron chi connectivity index (χ0n) is 16.4. The Morgan fingerprint density at radius 2 is 1.71 bits per heavy atom. The van der Waals surface area contributed by atoms with Crippen LogP contribution >= 0.6 is 0 Å². The molecule has 3 N–H and O–H groups in total. The van der Waals surface area contributed by atoms with Crippen molar-refractivity contribution in [2.24, 2.45) is 5.92 Å². The molecule has 0 spiro atoms. The van der Waals surface area contributed by atoms with Crippen LogP contribution in [0.1, 0.15) is 63.4 Å². The minimum Gasteiger partial charge on any atom is -0.478 e. The average molecular weight is 386 g/mol. The van der Waals surface area contributed by atoms with Gasteiger partial charge in [-0.05, 0) is 36.5 Å². The molecule has 1 saturated carbocycles. The summed E-state index contributed by atoms with van der Waals surface area (Å²) in [6, 6.07) is 7.35. The molecule has 1 fully saturated rings. The van der Waals surface area contributed by atoms with Gasteiger partial charge in [-0.15, -0.1) is 0 Å². The Hall–Kier alpha value is -2.63. The molecule has 0 aliphatic heterocycles. The normalized spacial score (nSPS) is 18.0. The van der Waals surface area contributed by atoms with Gasteiger partial charge in [0.15, 0.2) is 0 Å². The van der Waals surface area contributed by atoms with Crippen LogP contribution < -0.4 is 10.6 Å². The van der Waals surface area contributed by atoms with Crippen molar-refractivity contribution >= 4 is 23.5 Å². The maximum Gasteiger partial charge on any atom is 0.328 e. The van der Waals surface area contributed by atoms with Gasteiger partial charge >= 0.3 is 5.97 Å². The Bertz CT molecular complexity index is 697. The maximum atomic E-state index is 12.2. The minimum absolute atomic E-state index is 0.0408. The number of aliphatic carboxylic acids is 1. The first-order valence-electron chi connectivity index (χ1n) is 10.1. The second kappa shape index (κ2) is 11.3. The first-order valence-corrected chi connectivity index (χ1v) is 10.1. The summed E-state index contributed by atoms with van der Waals surface area (Å²) in [6.07, 6.45) is 9.89. The topological polar surface area (TPSA) is 95.5 Å². The Morgan fingerprint density at radius 3 is 2.39 bits per heavy atom. The van der Waals surface area contributed by atoms with Crippen LogP contribution in [0.5, 0.6) is 0 Å². The van der Waals surface area contributed by atoms with E-state index < -0.39 is 11.9 Å². The van der Waals surface area contributed by atoms with E-state index in [4.69, 9.17) is 5.11 Å². The number of amides is 2. The highest BCUT2D eigenvalue weighted by Crippen LogP contribution is 2.47. The molecule has 0 bridgehead atoms. The van der Waals surface area contributed by atoms with Gasteiger partial charge in [0.2, 0.25) is 11.8 Å². The molecule has 6 nitrogen and oxygen atoms in total. The van der Waals surface area contributed by atoms with Crippen LogP contribution in [0, 0.1) is 5.92 Å². The highest BCUT2D eigenvalue weighted by Gasteiger charge is 2.43. The monoisotopic (exact) mass is 386 g/mol. The maximum absolute atomic E-state index is 12.2. The SMILES string of the molecule is CCCCCCCCNC(=O)[C@@H]1C[C@H]1c1ccc(NC(=O)C=CC(=O)O)cc1. The summed E-state index contributed by atoms with van der Waals surface area (Å²) >= 11 is 0. The van der Waals surface area contributed by atoms with Crippen molar-refractivity contribution in [3.05, 3.63) is 42.0 Å². The van der Waals surface area contributed by atoms with Gasteiger partial charge in [0, 0.05) is 30.3 Å². The lowest BCUT2D eigenvalue weighted by atomic mass is 10.1. The molecule has 1 aromatic rings. The van der Waals surface area contributed by atoms with E-state index in [1.807, 2.05) is 12.1 Å². The number of hydrogen-bond donors (Lipinski definition) is 3. The third kappa shape index (κ3) is 7.55. The molecule has 0 aromatic heterocycles. The summed E-state index contributed by atoms with van der Waals surface area (Å²) in [5.74, 6) is -1.25. The van der Waals surface area contributed by atoms with E-state index >= 15 is 0 Å². The van der Waals surface area contributed by atoms with Gasteiger partial charge in [-0.3, -0.25) is 9.59 Å². The van der Waals surface area contributed by atoms with Crippen molar-refractivity contribution in [2.45, 2.75) is 57.8 Å². The lowest BCUT2D eigenvalue weighted by molar-refractivity contribution is -0.131. The number of rotatable bonds is 12. The number of carbonyl (C=O) groups is 3. The second-order valence-electron chi connectivity index (χ2n) is 7.29. The summed E-state index contributed by atoms with van der Waals surface area (Å²) in [4.78, 5) is 34.2. The van der Waals surface area contributed by atoms with Crippen LogP contribution in [0.2, 0.25) is 0 Å². The van der Waals surface area contributed by atoms with E-state index in [9.17, 15) is 14.4 Å². The molecule has 28 heavy (non-hydrogen) atoms. The summed E-state index contributed by atoms with van der Waals surface area (Å²) in [5.41, 5.74) is 1.67. The number of carboxylic acid groups (broad SMARTS) is 1. The molecule has 2 atom stereocenters. The fourth-order valence-electron chi connectivity index (χ4n) is 3.25. The van der Waals surface area contributed by atoms with Crippen molar-refractivity contribution in [1.29, 1.82) is 0 Å². The van der Waals surface area contributed by atoms with Gasteiger partial charge < -0.3 is 15.7 Å². The molecular weight excluding hydrogens is 356 g/mol. The van der Waals surface area contributed by atoms with E-state index in [1.165, 1.54) is 32.1 Å². The molecule has 2 rings (SSSR count). The van der Waals surface area contributed by atoms with Gasteiger partial charge in [-0.2, -0.15) is 0 Å². The molecule has 0 heterocycles. The smallest absolute Gasteiger partial charge is 0.328 e. The third-order valence-electron chi connectivity index (χ3n) is 4.94. The molecule has 0 unspecified atom stereocenters. The Kier molecular flexibility index (Phi) is 8.72. The lowest BCUT2D eigenvalue weighted by Crippen LogP contribution is -2.26. The fraction of sp³-hybridized carbons (Fsp3) is 0.500. The molecule has 1 aliphatic rings. The van der Waals surface area contributed by atoms with Crippen molar-refractivity contribution < 1.29 is 19.5 Å². The van der Waals surface area contributed by atoms with Crippen LogP contribution in [0.15, 0.2) is 36.4 Å². The minimum atomic E-state index is -1.17. The molecule has 152 valence electrons. The Labute approximate surface area is 166 Å². The van der Waals surface area contributed by atoms with Crippen molar-refractivity contribution in [3.8, 4) is 0 Å². The predicted molar refractivity (Wildman–Crippen MR) is 109 cm³/mol. The van der Waals surface area contributed by atoms with Gasteiger partial charge in [0.25, 0.3) is 0 Å². The summed E-state index contributed by atoms with van der Waals surface area (Å²) in [5, 5.41) is 14.2. The highest BCUT2D eigenvalue weighted by atomic mass is 16.4. The number of carbonyl (C=O) groups excluding carboxylic acids is 2. The average Bonchev–Trinajstić information content (AvgIpc) is 3.47. The third-order valence-corrected chi connectivity index (χ3v) is 4.94. The van der Waals surface area contributed by atoms with E-state index in [-0.39, 0.29) is 17.7 Å². The van der Waals surface area contributed by atoms with E-state index in [1.54, 1.807) is 12.1 Å². The molecular formula is C22H30N2O4. The molecule has 1 aliphatic carbocycles.